The Balaban J connectivity index is 1.82. The molecule has 2 fully saturated rings. The number of anilines is 2. The van der Waals surface area contributed by atoms with Crippen LogP contribution in [0.5, 0.6) is 0 Å². The summed E-state index contributed by atoms with van der Waals surface area (Å²) in [6.07, 6.45) is 2.66. The van der Waals surface area contributed by atoms with Crippen LogP contribution in [-0.2, 0) is 23.8 Å². The molecule has 2 aliphatic rings. The van der Waals surface area contributed by atoms with Crippen LogP contribution >= 0.6 is 0 Å². The van der Waals surface area contributed by atoms with Crippen molar-refractivity contribution in [2.75, 3.05) is 29.9 Å². The Bertz CT molecular complexity index is 816. The van der Waals surface area contributed by atoms with E-state index < -0.39 is 34.9 Å². The van der Waals surface area contributed by atoms with Crippen molar-refractivity contribution in [1.82, 2.24) is 0 Å². The highest BCUT2D eigenvalue weighted by molar-refractivity contribution is 6.15. The van der Waals surface area contributed by atoms with E-state index in [9.17, 15) is 14.0 Å². The van der Waals surface area contributed by atoms with Crippen LogP contribution in [0.3, 0.4) is 0 Å². The molecule has 0 spiro atoms. The number of halogens is 2. The van der Waals surface area contributed by atoms with Crippen LogP contribution in [0.2, 0.25) is 0 Å². The minimum atomic E-state index is -1.38. The molecule has 0 radical (unpaired) electrons. The second kappa shape index (κ2) is 8.36. The van der Waals surface area contributed by atoms with Gasteiger partial charge in [-0.25, -0.2) is 18.4 Å². The maximum atomic E-state index is 15.0. The van der Waals surface area contributed by atoms with Gasteiger partial charge in [0.15, 0.2) is 11.4 Å². The second-order valence-corrected chi connectivity index (χ2v) is 7.40. The van der Waals surface area contributed by atoms with E-state index in [0.29, 0.717) is 19.7 Å². The van der Waals surface area contributed by atoms with E-state index in [1.54, 1.807) is 4.90 Å². The molecule has 0 bridgehead atoms. The summed E-state index contributed by atoms with van der Waals surface area (Å²) in [6.45, 7) is 6.15. The van der Waals surface area contributed by atoms with E-state index in [2.05, 4.69) is 5.32 Å². The summed E-state index contributed by atoms with van der Waals surface area (Å²) < 4.78 is 44.8. The minimum Gasteiger partial charge on any atom is -0.419 e. The molecule has 2 saturated heterocycles. The molecule has 29 heavy (non-hydrogen) atoms. The average molecular weight is 410 g/mol. The highest BCUT2D eigenvalue weighted by atomic mass is 19.1. The first-order valence-electron chi connectivity index (χ1n) is 9.49. The number of carbonyl (C=O) groups is 2. The first-order valence-corrected chi connectivity index (χ1v) is 9.49. The van der Waals surface area contributed by atoms with Crippen molar-refractivity contribution < 1.29 is 32.6 Å². The fourth-order valence-electron chi connectivity index (χ4n) is 3.27. The summed E-state index contributed by atoms with van der Waals surface area (Å²) in [4.78, 5) is 25.7. The molecule has 7 nitrogen and oxygen atoms in total. The quantitative estimate of drug-likeness (QED) is 0.454. The predicted octanol–water partition coefficient (Wildman–Crippen LogP) is 3.10. The van der Waals surface area contributed by atoms with E-state index in [-0.39, 0.29) is 17.5 Å². The molecule has 1 atom stereocenters. The molecule has 0 aliphatic carbocycles. The van der Waals surface area contributed by atoms with Crippen LogP contribution in [0.4, 0.5) is 20.2 Å². The number of hydrogen-bond acceptors (Lipinski definition) is 7. The number of ether oxygens (including phenoxy) is 3. The maximum absolute atomic E-state index is 15.0. The van der Waals surface area contributed by atoms with Crippen molar-refractivity contribution in [3.63, 3.8) is 0 Å². The Morgan fingerprint density at radius 3 is 2.59 bits per heavy atom. The molecule has 1 aromatic rings. The van der Waals surface area contributed by atoms with Gasteiger partial charge in [0.1, 0.15) is 5.82 Å². The lowest BCUT2D eigenvalue weighted by atomic mass is 10.1. The highest BCUT2D eigenvalue weighted by Gasteiger charge is 2.39. The summed E-state index contributed by atoms with van der Waals surface area (Å²) >= 11 is 0. The fourth-order valence-corrected chi connectivity index (χ4v) is 3.27. The van der Waals surface area contributed by atoms with Gasteiger partial charge in [-0.05, 0) is 6.42 Å². The fraction of sp³-hybridized carbons (Fsp3) is 0.500. The van der Waals surface area contributed by atoms with E-state index in [1.165, 1.54) is 13.8 Å². The Kier molecular flexibility index (Phi) is 6.07. The second-order valence-electron chi connectivity index (χ2n) is 7.40. The normalized spacial score (nSPS) is 21.5. The largest absolute Gasteiger partial charge is 0.419 e. The lowest BCUT2D eigenvalue weighted by molar-refractivity contribution is -0.222. The van der Waals surface area contributed by atoms with Crippen molar-refractivity contribution in [1.29, 1.82) is 0 Å². The first kappa shape index (κ1) is 21.0. The van der Waals surface area contributed by atoms with Gasteiger partial charge in [0.05, 0.1) is 24.1 Å². The molecule has 2 heterocycles. The number of morpholine rings is 1. The molecule has 1 N–H and O–H groups in total. The van der Waals surface area contributed by atoms with Crippen LogP contribution in [-0.4, -0.2) is 43.5 Å². The zero-order chi connectivity index (χ0) is 21.2. The van der Waals surface area contributed by atoms with E-state index in [1.807, 2.05) is 6.92 Å². The molecule has 0 saturated carbocycles. The van der Waals surface area contributed by atoms with Crippen LogP contribution in [0.1, 0.15) is 33.6 Å². The average Bonchev–Trinajstić information content (AvgIpc) is 2.63. The van der Waals surface area contributed by atoms with Crippen molar-refractivity contribution in [3.05, 3.63) is 35.5 Å². The number of cyclic esters (lactones) is 2. The van der Waals surface area contributed by atoms with Gasteiger partial charge in [0.2, 0.25) is 0 Å². The lowest BCUT2D eigenvalue weighted by Crippen LogP contribution is -2.43. The van der Waals surface area contributed by atoms with Crippen molar-refractivity contribution >= 4 is 23.3 Å². The highest BCUT2D eigenvalue weighted by Crippen LogP contribution is 2.30. The Hall–Kier alpha value is -2.68. The Morgan fingerprint density at radius 1 is 1.24 bits per heavy atom. The number of carbonyl (C=O) groups excluding carboxylic acids is 2. The van der Waals surface area contributed by atoms with E-state index in [0.717, 1.165) is 31.2 Å². The van der Waals surface area contributed by atoms with E-state index >= 15 is 4.39 Å². The van der Waals surface area contributed by atoms with Crippen LogP contribution in [0.15, 0.2) is 23.9 Å². The van der Waals surface area contributed by atoms with Gasteiger partial charge >= 0.3 is 11.9 Å². The van der Waals surface area contributed by atoms with Gasteiger partial charge in [-0.1, -0.05) is 13.3 Å². The number of nitrogens with zero attached hydrogens (tertiary/aromatic N) is 1. The topological polar surface area (TPSA) is 77.1 Å². The standard InChI is InChI=1S/C20H24F2N2O5/c1-4-5-13-11-24(6-7-27-13)16-9-12(21)8-15(17(16)22)23-10-14-18(25)28-20(2,3)29-19(14)26/h8-10,13,23H,4-7,11H2,1-3H3. The molecule has 3 rings (SSSR count). The molecule has 1 aromatic carbocycles. The van der Waals surface area contributed by atoms with Crippen molar-refractivity contribution in [3.8, 4) is 0 Å². The summed E-state index contributed by atoms with van der Waals surface area (Å²) in [7, 11) is 0. The zero-order valence-corrected chi connectivity index (χ0v) is 16.6. The van der Waals surface area contributed by atoms with Gasteiger partial charge in [0.25, 0.3) is 5.79 Å². The summed E-state index contributed by atoms with van der Waals surface area (Å²) in [5.41, 5.74) is -0.564. The third-order valence-electron chi connectivity index (χ3n) is 4.60. The van der Waals surface area contributed by atoms with Crippen molar-refractivity contribution in [2.24, 2.45) is 0 Å². The molecule has 158 valence electrons. The van der Waals surface area contributed by atoms with E-state index in [4.69, 9.17) is 14.2 Å². The molecular formula is C20H24F2N2O5. The molecule has 2 aliphatic heterocycles. The smallest absolute Gasteiger partial charge is 0.350 e. The number of esters is 2. The number of nitrogens with one attached hydrogen (secondary N) is 1. The summed E-state index contributed by atoms with van der Waals surface area (Å²) in [5, 5.41) is 2.49. The SMILES string of the molecule is CCCC1CN(c2cc(F)cc(NC=C3C(=O)OC(C)(C)OC3=O)c2F)CCO1. The van der Waals surface area contributed by atoms with Crippen LogP contribution < -0.4 is 10.2 Å². The third-order valence-corrected chi connectivity index (χ3v) is 4.60. The van der Waals surface area contributed by atoms with Gasteiger partial charge in [0, 0.05) is 45.3 Å². The Labute approximate surface area is 167 Å². The minimum absolute atomic E-state index is 0.0509. The Morgan fingerprint density at radius 2 is 1.93 bits per heavy atom. The molecular weight excluding hydrogens is 386 g/mol. The molecule has 1 unspecified atom stereocenters. The molecule has 0 aromatic heterocycles. The van der Waals surface area contributed by atoms with Crippen LogP contribution in [0.25, 0.3) is 0 Å². The molecule has 9 heteroatoms. The number of benzene rings is 1. The zero-order valence-electron chi connectivity index (χ0n) is 16.6. The summed E-state index contributed by atoms with van der Waals surface area (Å²) in [5.74, 6) is -4.56. The molecule has 0 amide bonds. The van der Waals surface area contributed by atoms with Gasteiger partial charge in [-0.15, -0.1) is 0 Å². The monoisotopic (exact) mass is 410 g/mol. The van der Waals surface area contributed by atoms with Gasteiger partial charge < -0.3 is 24.4 Å². The van der Waals surface area contributed by atoms with Gasteiger partial charge in [-0.3, -0.25) is 0 Å². The lowest BCUT2D eigenvalue weighted by Gasteiger charge is -2.35. The van der Waals surface area contributed by atoms with Crippen LogP contribution in [0, 0.1) is 11.6 Å². The maximum Gasteiger partial charge on any atom is 0.350 e. The summed E-state index contributed by atoms with van der Waals surface area (Å²) in [6, 6.07) is 2.07. The van der Waals surface area contributed by atoms with Crippen molar-refractivity contribution in [2.45, 2.75) is 45.5 Å². The number of hydrogen-bond donors (Lipinski definition) is 1. The predicted molar refractivity (Wildman–Crippen MR) is 101 cm³/mol. The first-order chi connectivity index (χ1) is 13.7. The van der Waals surface area contributed by atoms with Gasteiger partial charge in [-0.2, -0.15) is 0 Å². The number of rotatable bonds is 5. The third kappa shape index (κ3) is 4.84.